The van der Waals surface area contributed by atoms with Gasteiger partial charge in [0.25, 0.3) is 10.0 Å². The van der Waals surface area contributed by atoms with Gasteiger partial charge in [0.15, 0.2) is 0 Å². The normalized spacial score (nSPS) is 12.5. The quantitative estimate of drug-likeness (QED) is 0.327. The smallest absolute Gasteiger partial charge is 0.264 e. The van der Waals surface area contributed by atoms with Gasteiger partial charge in [0.05, 0.1) is 10.6 Å². The van der Waals surface area contributed by atoms with E-state index in [1.165, 1.54) is 17.0 Å². The molecule has 0 fully saturated rings. The van der Waals surface area contributed by atoms with Crippen molar-refractivity contribution in [2.24, 2.45) is 0 Å². The number of carbonyl (C=O) groups excluding carboxylic acids is 2. The number of hydrogen-bond acceptors (Lipinski definition) is 4. The van der Waals surface area contributed by atoms with Gasteiger partial charge in [-0.25, -0.2) is 8.42 Å². The number of rotatable bonds is 9. The molecule has 0 aromatic heterocycles. The Morgan fingerprint density at radius 1 is 0.947 bits per heavy atom. The first-order valence-electron chi connectivity index (χ1n) is 12.3. The van der Waals surface area contributed by atoms with E-state index in [1.807, 2.05) is 52.0 Å². The lowest BCUT2D eigenvalue weighted by Crippen LogP contribution is -2.54. The summed E-state index contributed by atoms with van der Waals surface area (Å²) in [6.45, 7) is 8.92. The lowest BCUT2D eigenvalue weighted by Gasteiger charge is -2.33. The lowest BCUT2D eigenvalue weighted by molar-refractivity contribution is -0.140. The summed E-state index contributed by atoms with van der Waals surface area (Å²) in [5, 5.41) is 2.93. The van der Waals surface area contributed by atoms with Crippen LogP contribution < -0.4 is 9.62 Å². The Labute approximate surface area is 239 Å². The van der Waals surface area contributed by atoms with Gasteiger partial charge in [-0.05, 0) is 99.2 Å². The minimum absolute atomic E-state index is 0.0788. The second-order valence-corrected chi connectivity index (χ2v) is 13.3. The Hall–Kier alpha value is -2.92. The van der Waals surface area contributed by atoms with Crippen molar-refractivity contribution < 1.29 is 18.0 Å². The molecule has 0 aliphatic rings. The maximum Gasteiger partial charge on any atom is 0.264 e. The van der Waals surface area contributed by atoms with Crippen molar-refractivity contribution in [1.82, 2.24) is 10.2 Å². The molecule has 0 aliphatic heterocycles. The zero-order valence-corrected chi connectivity index (χ0v) is 25.3. The Morgan fingerprint density at radius 3 is 2.16 bits per heavy atom. The molecule has 202 valence electrons. The van der Waals surface area contributed by atoms with Gasteiger partial charge < -0.3 is 10.2 Å². The highest BCUT2D eigenvalue weighted by atomic mass is 127. The van der Waals surface area contributed by atoms with Gasteiger partial charge in [0.2, 0.25) is 11.8 Å². The van der Waals surface area contributed by atoms with E-state index in [-0.39, 0.29) is 17.3 Å². The van der Waals surface area contributed by atoms with Crippen LogP contribution in [0, 0.1) is 10.5 Å². The molecule has 0 radical (unpaired) electrons. The first-order valence-corrected chi connectivity index (χ1v) is 14.8. The fraction of sp³-hybridized carbons (Fsp3) is 0.310. The van der Waals surface area contributed by atoms with Gasteiger partial charge in [-0.1, -0.05) is 48.0 Å². The molecular formula is C29H34IN3O4S. The number of benzene rings is 3. The van der Waals surface area contributed by atoms with Crippen LogP contribution in [-0.4, -0.2) is 43.3 Å². The third-order valence-corrected chi connectivity index (χ3v) is 8.33. The van der Waals surface area contributed by atoms with Crippen molar-refractivity contribution in [2.45, 2.75) is 57.6 Å². The molecule has 0 bridgehead atoms. The number of carbonyl (C=O) groups is 2. The molecule has 3 rings (SSSR count). The number of anilines is 1. The molecule has 0 spiro atoms. The van der Waals surface area contributed by atoms with E-state index in [0.717, 1.165) is 19.0 Å². The lowest BCUT2D eigenvalue weighted by atomic mass is 10.1. The van der Waals surface area contributed by atoms with Crippen LogP contribution in [0.25, 0.3) is 0 Å². The molecule has 38 heavy (non-hydrogen) atoms. The molecule has 0 unspecified atom stereocenters. The van der Waals surface area contributed by atoms with Gasteiger partial charge in [-0.2, -0.15) is 0 Å². The largest absolute Gasteiger partial charge is 0.350 e. The van der Waals surface area contributed by atoms with Gasteiger partial charge in [0.1, 0.15) is 12.6 Å². The summed E-state index contributed by atoms with van der Waals surface area (Å²) in [5.41, 5.74) is 1.74. The Bertz CT molecular complexity index is 1370. The summed E-state index contributed by atoms with van der Waals surface area (Å²) in [6.07, 6.45) is 0. The topological polar surface area (TPSA) is 86.8 Å². The van der Waals surface area contributed by atoms with E-state index in [4.69, 9.17) is 0 Å². The van der Waals surface area contributed by atoms with E-state index in [9.17, 15) is 18.0 Å². The highest BCUT2D eigenvalue weighted by Crippen LogP contribution is 2.25. The predicted molar refractivity (Wildman–Crippen MR) is 159 cm³/mol. The van der Waals surface area contributed by atoms with Crippen LogP contribution in [0.2, 0.25) is 0 Å². The van der Waals surface area contributed by atoms with Gasteiger partial charge in [-0.15, -0.1) is 0 Å². The molecule has 9 heteroatoms. The van der Waals surface area contributed by atoms with Crippen molar-refractivity contribution >= 4 is 50.1 Å². The molecule has 0 aliphatic carbocycles. The van der Waals surface area contributed by atoms with Crippen LogP contribution in [0.4, 0.5) is 5.69 Å². The second-order valence-electron chi connectivity index (χ2n) is 10.2. The van der Waals surface area contributed by atoms with Crippen LogP contribution in [0.5, 0.6) is 0 Å². The van der Waals surface area contributed by atoms with E-state index in [0.29, 0.717) is 5.69 Å². The fourth-order valence-electron chi connectivity index (χ4n) is 3.92. The van der Waals surface area contributed by atoms with Gasteiger partial charge >= 0.3 is 0 Å². The summed E-state index contributed by atoms with van der Waals surface area (Å²) < 4.78 is 29.5. The van der Waals surface area contributed by atoms with Crippen LogP contribution in [0.3, 0.4) is 0 Å². The molecule has 3 aromatic rings. The van der Waals surface area contributed by atoms with Crippen molar-refractivity contribution in [2.75, 3.05) is 10.8 Å². The summed E-state index contributed by atoms with van der Waals surface area (Å²) in [4.78, 5) is 28.6. The summed E-state index contributed by atoms with van der Waals surface area (Å²) in [5.74, 6) is -0.800. The molecule has 3 aromatic carbocycles. The standard InChI is InChI=1S/C29H34IN3O4S/c1-21-10-9-11-23(18-21)19-32(22(2)28(35)31-29(3,4)5)27(34)20-33(25-16-14-24(30)15-17-25)38(36,37)26-12-7-6-8-13-26/h6-18,22H,19-20H2,1-5H3,(H,31,35)/t22-/m0/s1. The SMILES string of the molecule is Cc1cccc(CN(C(=O)CN(c2ccc(I)cc2)S(=O)(=O)c2ccccc2)[C@@H](C)C(=O)NC(C)(C)C)c1. The van der Waals surface area contributed by atoms with Crippen molar-refractivity contribution in [3.05, 3.63) is 93.6 Å². The molecule has 0 heterocycles. The third-order valence-electron chi connectivity index (χ3n) is 5.83. The number of amides is 2. The minimum Gasteiger partial charge on any atom is -0.350 e. The molecule has 2 amide bonds. The number of nitrogens with one attached hydrogen (secondary N) is 1. The molecule has 1 atom stereocenters. The van der Waals surface area contributed by atoms with Crippen LogP contribution in [-0.2, 0) is 26.2 Å². The molecule has 0 saturated carbocycles. The molecule has 0 saturated heterocycles. The monoisotopic (exact) mass is 647 g/mol. The van der Waals surface area contributed by atoms with Crippen LogP contribution in [0.1, 0.15) is 38.8 Å². The second kappa shape index (κ2) is 12.3. The molecule has 7 nitrogen and oxygen atoms in total. The minimum atomic E-state index is -4.07. The maximum atomic E-state index is 13.9. The van der Waals surface area contributed by atoms with Crippen molar-refractivity contribution in [3.63, 3.8) is 0 Å². The number of halogens is 1. The predicted octanol–water partition coefficient (Wildman–Crippen LogP) is 5.13. The molecular weight excluding hydrogens is 613 g/mol. The van der Waals surface area contributed by atoms with Crippen LogP contribution >= 0.6 is 22.6 Å². The zero-order chi connectivity index (χ0) is 28.1. The van der Waals surface area contributed by atoms with E-state index in [1.54, 1.807) is 49.4 Å². The van der Waals surface area contributed by atoms with E-state index >= 15 is 0 Å². The Morgan fingerprint density at radius 2 is 1.58 bits per heavy atom. The first kappa shape index (κ1) is 29.6. The highest BCUT2D eigenvalue weighted by molar-refractivity contribution is 14.1. The molecule has 1 N–H and O–H groups in total. The summed E-state index contributed by atoms with van der Waals surface area (Å²) >= 11 is 2.14. The zero-order valence-electron chi connectivity index (χ0n) is 22.3. The van der Waals surface area contributed by atoms with Crippen molar-refractivity contribution in [3.8, 4) is 0 Å². The van der Waals surface area contributed by atoms with Gasteiger partial charge in [0, 0.05) is 15.7 Å². The average Bonchev–Trinajstić information content (AvgIpc) is 2.85. The number of hydrogen-bond donors (Lipinski definition) is 1. The van der Waals surface area contributed by atoms with Gasteiger partial charge in [-0.3, -0.25) is 13.9 Å². The number of aryl methyl sites for hydroxylation is 1. The van der Waals surface area contributed by atoms with E-state index in [2.05, 4.69) is 27.9 Å². The summed E-state index contributed by atoms with van der Waals surface area (Å²) in [7, 11) is -4.07. The van der Waals surface area contributed by atoms with E-state index < -0.39 is 34.1 Å². The Kier molecular flexibility index (Phi) is 9.59. The average molecular weight is 648 g/mol. The summed E-state index contributed by atoms with van der Waals surface area (Å²) in [6, 6.07) is 21.8. The van der Waals surface area contributed by atoms with Crippen molar-refractivity contribution in [1.29, 1.82) is 0 Å². The fourth-order valence-corrected chi connectivity index (χ4v) is 5.71. The van der Waals surface area contributed by atoms with Crippen LogP contribution in [0.15, 0.2) is 83.8 Å². The Balaban J connectivity index is 2.02. The number of nitrogens with zero attached hydrogens (tertiary/aromatic N) is 2. The third kappa shape index (κ3) is 7.80. The number of sulfonamides is 1. The first-order chi connectivity index (χ1) is 17.8. The highest BCUT2D eigenvalue weighted by Gasteiger charge is 2.33. The maximum absolute atomic E-state index is 13.9.